The molecule has 3 heterocycles. The van der Waals surface area contributed by atoms with Gasteiger partial charge in [0.1, 0.15) is 11.9 Å². The first-order chi connectivity index (χ1) is 14.0. The number of halogens is 1. The van der Waals surface area contributed by atoms with Crippen LogP contribution in [0.3, 0.4) is 0 Å². The highest BCUT2D eigenvalue weighted by Gasteiger charge is 2.39. The summed E-state index contributed by atoms with van der Waals surface area (Å²) in [5.74, 6) is -0.647. The molecular weight excluding hydrogens is 375 g/mol. The van der Waals surface area contributed by atoms with Crippen LogP contribution >= 0.6 is 0 Å². The molecule has 148 valence electrons. The van der Waals surface area contributed by atoms with Crippen LogP contribution in [0.15, 0.2) is 42.6 Å². The van der Waals surface area contributed by atoms with E-state index in [4.69, 9.17) is 10.00 Å². The summed E-state index contributed by atoms with van der Waals surface area (Å²) in [6.45, 7) is 1.25. The van der Waals surface area contributed by atoms with Crippen molar-refractivity contribution < 1.29 is 18.7 Å². The second-order valence-corrected chi connectivity index (χ2v) is 7.19. The van der Waals surface area contributed by atoms with Gasteiger partial charge in [0.2, 0.25) is 17.7 Å². The third kappa shape index (κ3) is 4.04. The molecule has 2 saturated heterocycles. The molecule has 2 atom stereocenters. The Morgan fingerprint density at radius 2 is 2.03 bits per heavy atom. The number of aromatic nitrogens is 1. The lowest BCUT2D eigenvalue weighted by Gasteiger charge is -2.21. The largest absolute Gasteiger partial charge is 0.472 e. The molecular formula is C21H19FN4O3. The molecule has 8 heteroatoms. The van der Waals surface area contributed by atoms with Gasteiger partial charge in [-0.3, -0.25) is 9.59 Å². The first kappa shape index (κ1) is 18.9. The Hall–Kier alpha value is -3.47. The Labute approximate surface area is 167 Å². The van der Waals surface area contributed by atoms with Crippen molar-refractivity contribution >= 4 is 17.5 Å². The predicted molar refractivity (Wildman–Crippen MR) is 101 cm³/mol. The number of carbonyl (C=O) groups excluding carboxylic acids is 2. The topological polar surface area (TPSA) is 86.5 Å². The van der Waals surface area contributed by atoms with E-state index in [1.165, 1.54) is 23.2 Å². The van der Waals surface area contributed by atoms with Gasteiger partial charge in [-0.05, 0) is 30.3 Å². The Kier molecular flexibility index (Phi) is 5.12. The highest BCUT2D eigenvalue weighted by Crippen LogP contribution is 2.28. The summed E-state index contributed by atoms with van der Waals surface area (Å²) in [7, 11) is 0. The van der Waals surface area contributed by atoms with E-state index >= 15 is 0 Å². The van der Waals surface area contributed by atoms with Crippen molar-refractivity contribution in [3.8, 4) is 11.9 Å². The Morgan fingerprint density at radius 3 is 2.79 bits per heavy atom. The van der Waals surface area contributed by atoms with E-state index in [9.17, 15) is 14.0 Å². The second kappa shape index (κ2) is 7.87. The number of hydrogen-bond acceptors (Lipinski definition) is 5. The van der Waals surface area contributed by atoms with Gasteiger partial charge in [-0.15, -0.1) is 0 Å². The van der Waals surface area contributed by atoms with Gasteiger partial charge in [0.05, 0.1) is 24.1 Å². The third-order valence-electron chi connectivity index (χ3n) is 5.22. The number of nitriles is 1. The van der Waals surface area contributed by atoms with Crippen molar-refractivity contribution in [3.05, 3.63) is 54.0 Å². The quantitative estimate of drug-likeness (QED) is 0.793. The summed E-state index contributed by atoms with van der Waals surface area (Å²) < 4.78 is 18.9. The summed E-state index contributed by atoms with van der Waals surface area (Å²) in [5.41, 5.74) is 1.06. The van der Waals surface area contributed by atoms with Gasteiger partial charge in [-0.2, -0.15) is 5.26 Å². The van der Waals surface area contributed by atoms with Gasteiger partial charge in [0.15, 0.2) is 0 Å². The van der Waals surface area contributed by atoms with Crippen molar-refractivity contribution in [1.82, 2.24) is 9.88 Å². The summed E-state index contributed by atoms with van der Waals surface area (Å²) in [6, 6.07) is 10.9. The van der Waals surface area contributed by atoms with Crippen molar-refractivity contribution in [3.63, 3.8) is 0 Å². The second-order valence-electron chi connectivity index (χ2n) is 7.19. The van der Waals surface area contributed by atoms with E-state index < -0.39 is 5.92 Å². The fraction of sp³-hybridized carbons (Fsp3) is 0.333. The molecule has 2 fully saturated rings. The molecule has 1 aromatic carbocycles. The average molecular weight is 394 g/mol. The summed E-state index contributed by atoms with van der Waals surface area (Å²) in [5, 5.41) is 8.96. The van der Waals surface area contributed by atoms with E-state index in [0.29, 0.717) is 36.6 Å². The van der Waals surface area contributed by atoms with E-state index in [0.717, 1.165) is 0 Å². The van der Waals surface area contributed by atoms with Gasteiger partial charge in [0, 0.05) is 43.9 Å². The lowest BCUT2D eigenvalue weighted by Crippen LogP contribution is -2.37. The van der Waals surface area contributed by atoms with Crippen LogP contribution < -0.4 is 9.64 Å². The molecule has 0 N–H and O–H groups in total. The predicted octanol–water partition coefficient (Wildman–Crippen LogP) is 2.13. The first-order valence-corrected chi connectivity index (χ1v) is 9.41. The van der Waals surface area contributed by atoms with Crippen LogP contribution in [-0.4, -0.2) is 47.4 Å². The molecule has 2 unspecified atom stereocenters. The van der Waals surface area contributed by atoms with Gasteiger partial charge in [-0.1, -0.05) is 0 Å². The Bertz CT molecular complexity index is 973. The Balaban J connectivity index is 1.36. The molecule has 29 heavy (non-hydrogen) atoms. The molecule has 0 spiro atoms. The van der Waals surface area contributed by atoms with E-state index in [1.807, 2.05) is 6.07 Å². The SMILES string of the molecule is N#Cc1ccnc(OC2CCN(C(=O)C3CC(=O)N(c4ccc(F)cc4)C3)C2)c1. The number of ether oxygens (including phenoxy) is 1. The molecule has 1 aromatic heterocycles. The summed E-state index contributed by atoms with van der Waals surface area (Å²) in [4.78, 5) is 32.6. The standard InChI is InChI=1S/C21H19FN4O3/c22-16-1-3-17(4-2-16)26-12-15(10-20(26)27)21(28)25-8-6-18(13-25)29-19-9-14(11-23)5-7-24-19/h1-5,7,9,15,18H,6,8,10,12-13H2. The molecule has 2 aliphatic rings. The van der Waals surface area contributed by atoms with E-state index in [2.05, 4.69) is 4.98 Å². The van der Waals surface area contributed by atoms with Gasteiger partial charge in [0.25, 0.3) is 0 Å². The number of nitrogens with zero attached hydrogens (tertiary/aromatic N) is 4. The molecule has 0 bridgehead atoms. The molecule has 2 aliphatic heterocycles. The molecule has 2 amide bonds. The number of amides is 2. The number of hydrogen-bond donors (Lipinski definition) is 0. The molecule has 0 saturated carbocycles. The maximum Gasteiger partial charge on any atom is 0.228 e. The number of likely N-dealkylation sites (tertiary alicyclic amines) is 1. The van der Waals surface area contributed by atoms with Crippen LogP contribution in [0.2, 0.25) is 0 Å². The monoisotopic (exact) mass is 394 g/mol. The average Bonchev–Trinajstić information content (AvgIpc) is 3.35. The molecule has 0 radical (unpaired) electrons. The van der Waals surface area contributed by atoms with Gasteiger partial charge < -0.3 is 14.5 Å². The van der Waals surface area contributed by atoms with Crippen LogP contribution in [0.4, 0.5) is 10.1 Å². The minimum atomic E-state index is -0.425. The number of carbonyl (C=O) groups is 2. The number of benzene rings is 1. The Morgan fingerprint density at radius 1 is 1.24 bits per heavy atom. The first-order valence-electron chi connectivity index (χ1n) is 9.41. The fourth-order valence-electron chi connectivity index (χ4n) is 3.74. The van der Waals surface area contributed by atoms with E-state index in [1.54, 1.807) is 29.2 Å². The van der Waals surface area contributed by atoms with Crippen LogP contribution in [0.5, 0.6) is 5.88 Å². The van der Waals surface area contributed by atoms with Crippen LogP contribution in [0.1, 0.15) is 18.4 Å². The molecule has 4 rings (SSSR count). The highest BCUT2D eigenvalue weighted by molar-refractivity contribution is 6.00. The van der Waals surface area contributed by atoms with Crippen LogP contribution in [-0.2, 0) is 9.59 Å². The lowest BCUT2D eigenvalue weighted by atomic mass is 10.1. The summed E-state index contributed by atoms with van der Waals surface area (Å²) in [6.07, 6.45) is 2.11. The normalized spacial score (nSPS) is 21.3. The molecule has 0 aliphatic carbocycles. The smallest absolute Gasteiger partial charge is 0.228 e. The minimum Gasteiger partial charge on any atom is -0.472 e. The molecule has 2 aromatic rings. The van der Waals surface area contributed by atoms with Crippen molar-refractivity contribution in [2.45, 2.75) is 18.9 Å². The van der Waals surface area contributed by atoms with Crippen LogP contribution in [0, 0.1) is 23.1 Å². The van der Waals surface area contributed by atoms with Crippen LogP contribution in [0.25, 0.3) is 0 Å². The number of rotatable bonds is 4. The maximum absolute atomic E-state index is 13.1. The zero-order valence-electron chi connectivity index (χ0n) is 15.6. The highest BCUT2D eigenvalue weighted by atomic mass is 19.1. The van der Waals surface area contributed by atoms with Gasteiger partial charge >= 0.3 is 0 Å². The van der Waals surface area contributed by atoms with E-state index in [-0.39, 0.29) is 36.7 Å². The maximum atomic E-state index is 13.1. The van der Waals surface area contributed by atoms with Crippen molar-refractivity contribution in [1.29, 1.82) is 5.26 Å². The minimum absolute atomic E-state index is 0.0761. The zero-order valence-corrected chi connectivity index (χ0v) is 15.6. The number of pyridine rings is 1. The summed E-state index contributed by atoms with van der Waals surface area (Å²) >= 11 is 0. The van der Waals surface area contributed by atoms with Crippen molar-refractivity contribution in [2.24, 2.45) is 5.92 Å². The zero-order chi connectivity index (χ0) is 20.4. The lowest BCUT2D eigenvalue weighted by molar-refractivity contribution is -0.135. The van der Waals surface area contributed by atoms with Crippen molar-refractivity contribution in [2.75, 3.05) is 24.5 Å². The third-order valence-corrected chi connectivity index (χ3v) is 5.22. The molecule has 7 nitrogen and oxygen atoms in total. The fourth-order valence-corrected chi connectivity index (χ4v) is 3.74. The number of anilines is 1. The van der Waals surface area contributed by atoms with Gasteiger partial charge in [-0.25, -0.2) is 9.37 Å².